The lowest BCUT2D eigenvalue weighted by molar-refractivity contribution is -0.143. The number of hydrogen-bond acceptors (Lipinski definition) is 2. The van der Waals surface area contributed by atoms with Crippen molar-refractivity contribution in [3.05, 3.63) is 34.9 Å². The van der Waals surface area contributed by atoms with Crippen LogP contribution in [0.4, 0.5) is 0 Å². The average molecular weight is 287 g/mol. The van der Waals surface area contributed by atoms with Gasteiger partial charge in [0.05, 0.1) is 0 Å². The Morgan fingerprint density at radius 3 is 2.57 bits per heavy atom. The Morgan fingerprint density at radius 2 is 1.81 bits per heavy atom. The minimum Gasteiger partial charge on any atom is -0.480 e. The zero-order chi connectivity index (χ0) is 14.8. The van der Waals surface area contributed by atoms with Crippen molar-refractivity contribution in [2.75, 3.05) is 6.54 Å². The van der Waals surface area contributed by atoms with E-state index in [0.717, 1.165) is 25.7 Å². The highest BCUT2D eigenvalue weighted by atomic mass is 16.4. The maximum Gasteiger partial charge on any atom is 0.326 e. The molecule has 1 N–H and O–H groups in total. The topological polar surface area (TPSA) is 57.6 Å². The summed E-state index contributed by atoms with van der Waals surface area (Å²) >= 11 is 0. The third-order valence-electron chi connectivity index (χ3n) is 4.64. The molecule has 2 aliphatic rings. The second kappa shape index (κ2) is 5.88. The molecule has 0 bridgehead atoms. The minimum absolute atomic E-state index is 0.129. The number of benzene rings is 1. The van der Waals surface area contributed by atoms with Gasteiger partial charge in [0.15, 0.2) is 0 Å². The average Bonchev–Trinajstić information content (AvgIpc) is 2.53. The van der Waals surface area contributed by atoms with Crippen LogP contribution in [-0.2, 0) is 17.6 Å². The molecule has 1 aromatic rings. The zero-order valence-electron chi connectivity index (χ0n) is 12.2. The van der Waals surface area contributed by atoms with E-state index in [-0.39, 0.29) is 5.91 Å². The molecule has 1 fully saturated rings. The van der Waals surface area contributed by atoms with E-state index in [1.807, 2.05) is 18.2 Å². The lowest BCUT2D eigenvalue weighted by atomic mass is 9.90. The van der Waals surface area contributed by atoms with Crippen molar-refractivity contribution in [3.8, 4) is 0 Å². The van der Waals surface area contributed by atoms with E-state index in [9.17, 15) is 14.7 Å². The molecule has 1 amide bonds. The van der Waals surface area contributed by atoms with Gasteiger partial charge in [-0.25, -0.2) is 4.79 Å². The van der Waals surface area contributed by atoms with E-state index in [0.29, 0.717) is 18.5 Å². The van der Waals surface area contributed by atoms with Crippen LogP contribution >= 0.6 is 0 Å². The first-order valence-corrected chi connectivity index (χ1v) is 7.82. The van der Waals surface area contributed by atoms with Crippen LogP contribution in [0.1, 0.15) is 53.6 Å². The van der Waals surface area contributed by atoms with Gasteiger partial charge in [-0.2, -0.15) is 0 Å². The highest BCUT2D eigenvalue weighted by Crippen LogP contribution is 2.25. The highest BCUT2D eigenvalue weighted by molar-refractivity contribution is 5.97. The number of hydrogen-bond donors (Lipinski definition) is 1. The fourth-order valence-electron chi connectivity index (χ4n) is 3.46. The number of carbonyl (C=O) groups is 2. The molecule has 1 atom stereocenters. The van der Waals surface area contributed by atoms with Crippen molar-refractivity contribution in [2.45, 2.75) is 51.0 Å². The summed E-state index contributed by atoms with van der Waals surface area (Å²) in [6.07, 6.45) is 6.83. The molecule has 0 radical (unpaired) electrons. The van der Waals surface area contributed by atoms with Crippen molar-refractivity contribution in [1.29, 1.82) is 0 Å². The van der Waals surface area contributed by atoms with Gasteiger partial charge < -0.3 is 10.0 Å². The Balaban J connectivity index is 1.85. The molecule has 1 saturated heterocycles. The van der Waals surface area contributed by atoms with E-state index in [2.05, 4.69) is 0 Å². The van der Waals surface area contributed by atoms with Crippen molar-refractivity contribution in [2.24, 2.45) is 0 Å². The highest BCUT2D eigenvalue weighted by Gasteiger charge is 2.32. The third-order valence-corrected chi connectivity index (χ3v) is 4.64. The van der Waals surface area contributed by atoms with Gasteiger partial charge in [-0.3, -0.25) is 4.79 Å². The number of piperidine rings is 1. The molecule has 3 rings (SSSR count). The van der Waals surface area contributed by atoms with Gasteiger partial charge in [0, 0.05) is 12.1 Å². The summed E-state index contributed by atoms with van der Waals surface area (Å²) in [4.78, 5) is 25.5. The van der Waals surface area contributed by atoms with Gasteiger partial charge in [0.1, 0.15) is 6.04 Å². The van der Waals surface area contributed by atoms with Crippen LogP contribution in [0.5, 0.6) is 0 Å². The first-order valence-electron chi connectivity index (χ1n) is 7.82. The Kier molecular flexibility index (Phi) is 3.95. The molecule has 0 spiro atoms. The molecule has 112 valence electrons. The fourth-order valence-corrected chi connectivity index (χ4v) is 3.46. The SMILES string of the molecule is O=C(O)[C@@H]1CCCCN1C(=O)c1ccc2c(c1)CCCC2. The minimum atomic E-state index is -0.888. The van der Waals surface area contributed by atoms with Gasteiger partial charge in [-0.1, -0.05) is 6.07 Å². The predicted molar refractivity (Wildman–Crippen MR) is 79.4 cm³/mol. The van der Waals surface area contributed by atoms with Gasteiger partial charge in [0.25, 0.3) is 5.91 Å². The van der Waals surface area contributed by atoms with Crippen molar-refractivity contribution < 1.29 is 14.7 Å². The van der Waals surface area contributed by atoms with Gasteiger partial charge in [0.2, 0.25) is 0 Å². The number of aliphatic carboxylic acids is 1. The number of carboxylic acids is 1. The normalized spacial score (nSPS) is 21.7. The zero-order valence-corrected chi connectivity index (χ0v) is 12.2. The van der Waals surface area contributed by atoms with Crippen molar-refractivity contribution >= 4 is 11.9 Å². The van der Waals surface area contributed by atoms with Crippen molar-refractivity contribution in [1.82, 2.24) is 4.90 Å². The maximum absolute atomic E-state index is 12.7. The smallest absolute Gasteiger partial charge is 0.326 e. The van der Waals surface area contributed by atoms with Gasteiger partial charge >= 0.3 is 5.97 Å². The summed E-state index contributed by atoms with van der Waals surface area (Å²) in [6, 6.07) is 5.22. The molecule has 21 heavy (non-hydrogen) atoms. The molecule has 4 nitrogen and oxygen atoms in total. The number of fused-ring (bicyclic) bond motifs is 1. The molecule has 1 aromatic carbocycles. The molecule has 1 aliphatic carbocycles. The summed E-state index contributed by atoms with van der Waals surface area (Å²) in [5.41, 5.74) is 3.24. The molecule has 0 unspecified atom stereocenters. The van der Waals surface area contributed by atoms with Crippen LogP contribution in [0.3, 0.4) is 0 Å². The number of amides is 1. The molecule has 4 heteroatoms. The monoisotopic (exact) mass is 287 g/mol. The molecular weight excluding hydrogens is 266 g/mol. The third kappa shape index (κ3) is 2.80. The number of carbonyl (C=O) groups excluding carboxylic acids is 1. The van der Waals surface area contributed by atoms with Crippen molar-refractivity contribution in [3.63, 3.8) is 0 Å². The van der Waals surface area contributed by atoms with Crippen LogP contribution in [0.15, 0.2) is 18.2 Å². The van der Waals surface area contributed by atoms with Crippen LogP contribution < -0.4 is 0 Å². The molecule has 1 aliphatic heterocycles. The first-order chi connectivity index (χ1) is 10.2. The Hall–Kier alpha value is -1.84. The second-order valence-electron chi connectivity index (χ2n) is 6.04. The van der Waals surface area contributed by atoms with Gasteiger partial charge in [-0.15, -0.1) is 0 Å². The summed E-state index contributed by atoms with van der Waals surface area (Å²) < 4.78 is 0. The van der Waals surface area contributed by atoms with E-state index < -0.39 is 12.0 Å². The molecule has 0 saturated carbocycles. The van der Waals surface area contributed by atoms with Crippen LogP contribution in [-0.4, -0.2) is 34.5 Å². The van der Waals surface area contributed by atoms with Crippen LogP contribution in [0, 0.1) is 0 Å². The molecular formula is C17H21NO3. The Bertz CT molecular complexity index is 567. The second-order valence-corrected chi connectivity index (χ2v) is 6.04. The number of rotatable bonds is 2. The molecule has 0 aromatic heterocycles. The number of likely N-dealkylation sites (tertiary alicyclic amines) is 1. The van der Waals surface area contributed by atoms with Crippen LogP contribution in [0.2, 0.25) is 0 Å². The van der Waals surface area contributed by atoms with E-state index in [1.54, 1.807) is 0 Å². The lowest BCUT2D eigenvalue weighted by Gasteiger charge is -2.33. The largest absolute Gasteiger partial charge is 0.480 e. The van der Waals surface area contributed by atoms with Crippen LogP contribution in [0.25, 0.3) is 0 Å². The maximum atomic E-state index is 12.7. The van der Waals surface area contributed by atoms with E-state index >= 15 is 0 Å². The van der Waals surface area contributed by atoms with Gasteiger partial charge in [-0.05, 0) is 68.2 Å². The summed E-state index contributed by atoms with van der Waals surface area (Å²) in [6.45, 7) is 0.548. The molecule has 1 heterocycles. The number of nitrogens with zero attached hydrogens (tertiary/aromatic N) is 1. The standard InChI is InChI=1S/C17H21NO3/c19-16(18-10-4-3-7-15(18)17(20)21)14-9-8-12-5-1-2-6-13(12)11-14/h8-9,11,15H,1-7,10H2,(H,20,21)/t15-/m0/s1. The van der Waals surface area contributed by atoms with E-state index in [4.69, 9.17) is 0 Å². The summed E-state index contributed by atoms with van der Waals surface area (Å²) in [5.74, 6) is -1.02. The lowest BCUT2D eigenvalue weighted by Crippen LogP contribution is -2.48. The summed E-state index contributed by atoms with van der Waals surface area (Å²) in [7, 11) is 0. The summed E-state index contributed by atoms with van der Waals surface area (Å²) in [5, 5.41) is 9.30. The Morgan fingerprint density at radius 1 is 1.05 bits per heavy atom. The predicted octanol–water partition coefficient (Wildman–Crippen LogP) is 2.64. The number of carboxylic acid groups (broad SMARTS) is 1. The van der Waals surface area contributed by atoms with E-state index in [1.165, 1.54) is 28.9 Å². The number of aryl methyl sites for hydroxylation is 2. The Labute approximate surface area is 124 Å². The fraction of sp³-hybridized carbons (Fsp3) is 0.529. The quantitative estimate of drug-likeness (QED) is 0.909. The first kappa shape index (κ1) is 14.1.